The summed E-state index contributed by atoms with van der Waals surface area (Å²) in [5.41, 5.74) is 0.589. The highest BCUT2D eigenvalue weighted by Gasteiger charge is 2.12. The minimum absolute atomic E-state index is 0.115. The maximum atomic E-state index is 12.7. The van der Waals surface area contributed by atoms with Crippen LogP contribution in [0.15, 0.2) is 41.0 Å². The van der Waals surface area contributed by atoms with Gasteiger partial charge < -0.3 is 5.32 Å². The zero-order chi connectivity index (χ0) is 13.1. The number of hydrogen-bond donors (Lipinski definition) is 1. The minimum Gasteiger partial charge on any atom is -0.321 e. The zero-order valence-electron chi connectivity index (χ0n) is 8.95. The molecule has 0 fully saturated rings. The lowest BCUT2D eigenvalue weighted by atomic mass is 10.3. The predicted molar refractivity (Wildman–Crippen MR) is 71.3 cm³/mol. The number of amides is 1. The van der Waals surface area contributed by atoms with Gasteiger partial charge in [-0.05, 0) is 46.3 Å². The van der Waals surface area contributed by atoms with Gasteiger partial charge in [-0.15, -0.1) is 0 Å². The maximum Gasteiger partial charge on any atom is 0.275 e. The summed E-state index contributed by atoms with van der Waals surface area (Å²) in [4.78, 5) is 15.8. The van der Waals surface area contributed by atoms with E-state index >= 15 is 0 Å². The summed E-state index contributed by atoms with van der Waals surface area (Å²) < 4.78 is 13.4. The number of hydrogen-bond acceptors (Lipinski definition) is 2. The third kappa shape index (κ3) is 3.05. The first kappa shape index (κ1) is 13.0. The number of carbonyl (C=O) groups is 1. The van der Waals surface area contributed by atoms with Crippen LogP contribution in [0, 0.1) is 5.82 Å². The first-order chi connectivity index (χ1) is 8.56. The van der Waals surface area contributed by atoms with Crippen LogP contribution in [0.4, 0.5) is 10.1 Å². The molecule has 0 aliphatic rings. The third-order valence-corrected chi connectivity index (χ3v) is 2.85. The van der Waals surface area contributed by atoms with Crippen molar-refractivity contribution in [2.24, 2.45) is 0 Å². The summed E-state index contributed by atoms with van der Waals surface area (Å²) in [6.07, 6.45) is 1.48. The molecule has 2 aromatic rings. The molecular weight excluding hydrogens is 322 g/mol. The van der Waals surface area contributed by atoms with E-state index in [1.807, 2.05) is 0 Å². The molecule has 0 aliphatic carbocycles. The van der Waals surface area contributed by atoms with E-state index in [1.54, 1.807) is 6.07 Å². The number of pyridine rings is 1. The van der Waals surface area contributed by atoms with E-state index in [2.05, 4.69) is 26.2 Å². The van der Waals surface area contributed by atoms with Gasteiger partial charge in [0.05, 0.1) is 5.02 Å². The second-order valence-electron chi connectivity index (χ2n) is 3.44. The highest BCUT2D eigenvalue weighted by Crippen LogP contribution is 2.20. The minimum atomic E-state index is -0.445. The molecule has 1 aromatic heterocycles. The Labute approximate surface area is 116 Å². The van der Waals surface area contributed by atoms with Crippen LogP contribution in [0.5, 0.6) is 0 Å². The molecule has 2 rings (SSSR count). The Bertz CT molecular complexity index is 589. The van der Waals surface area contributed by atoms with Crippen molar-refractivity contribution < 1.29 is 9.18 Å². The molecule has 6 heteroatoms. The predicted octanol–water partition coefficient (Wildman–Crippen LogP) is 3.89. The highest BCUT2D eigenvalue weighted by atomic mass is 79.9. The molecule has 92 valence electrons. The third-order valence-electron chi connectivity index (χ3n) is 2.12. The Hall–Kier alpha value is -1.46. The van der Waals surface area contributed by atoms with Crippen LogP contribution >= 0.6 is 27.5 Å². The van der Waals surface area contributed by atoms with Gasteiger partial charge in [-0.3, -0.25) is 4.79 Å². The molecule has 1 aromatic carbocycles. The van der Waals surface area contributed by atoms with E-state index in [-0.39, 0.29) is 16.5 Å². The van der Waals surface area contributed by atoms with Crippen molar-refractivity contribution in [2.45, 2.75) is 0 Å². The Morgan fingerprint density at radius 1 is 1.33 bits per heavy atom. The summed E-state index contributed by atoms with van der Waals surface area (Å²) >= 11 is 9.10. The van der Waals surface area contributed by atoms with Crippen LogP contribution in [0.3, 0.4) is 0 Å². The van der Waals surface area contributed by atoms with Gasteiger partial charge in [0, 0.05) is 16.4 Å². The summed E-state index contributed by atoms with van der Waals surface area (Å²) in [5, 5.41) is 2.82. The number of nitrogens with one attached hydrogen (secondary N) is 1. The van der Waals surface area contributed by atoms with Crippen molar-refractivity contribution in [2.75, 3.05) is 5.32 Å². The zero-order valence-corrected chi connectivity index (χ0v) is 11.3. The molecule has 1 amide bonds. The van der Waals surface area contributed by atoms with Crippen LogP contribution < -0.4 is 5.32 Å². The van der Waals surface area contributed by atoms with Crippen molar-refractivity contribution in [1.82, 2.24) is 4.98 Å². The number of benzene rings is 1. The molecule has 0 bridgehead atoms. The lowest BCUT2D eigenvalue weighted by Gasteiger charge is -2.06. The number of carbonyl (C=O) groups excluding carboxylic acids is 1. The van der Waals surface area contributed by atoms with Crippen molar-refractivity contribution in [3.8, 4) is 0 Å². The van der Waals surface area contributed by atoms with Gasteiger partial charge in [-0.1, -0.05) is 11.6 Å². The van der Waals surface area contributed by atoms with E-state index in [9.17, 15) is 9.18 Å². The first-order valence-corrected chi connectivity index (χ1v) is 6.11. The molecule has 3 nitrogen and oxygen atoms in total. The molecule has 1 heterocycles. The monoisotopic (exact) mass is 328 g/mol. The van der Waals surface area contributed by atoms with Gasteiger partial charge in [0.15, 0.2) is 0 Å². The number of aromatic nitrogens is 1. The van der Waals surface area contributed by atoms with Gasteiger partial charge in [-0.2, -0.15) is 0 Å². The number of nitrogens with zero attached hydrogens (tertiary/aromatic N) is 1. The molecule has 1 N–H and O–H groups in total. The second-order valence-corrected chi connectivity index (χ2v) is 4.77. The van der Waals surface area contributed by atoms with Crippen LogP contribution in [-0.4, -0.2) is 10.9 Å². The highest BCUT2D eigenvalue weighted by molar-refractivity contribution is 9.10. The summed E-state index contributed by atoms with van der Waals surface area (Å²) in [7, 11) is 0. The largest absolute Gasteiger partial charge is 0.321 e. The van der Waals surface area contributed by atoms with Gasteiger partial charge in [0.2, 0.25) is 0 Å². The van der Waals surface area contributed by atoms with E-state index in [0.29, 0.717) is 10.2 Å². The second kappa shape index (κ2) is 5.46. The SMILES string of the molecule is O=C(Nc1ccc(F)cc1)c1ncc(Br)cc1Cl. The Morgan fingerprint density at radius 3 is 2.61 bits per heavy atom. The van der Waals surface area contributed by atoms with Crippen molar-refractivity contribution in [1.29, 1.82) is 0 Å². The fourth-order valence-electron chi connectivity index (χ4n) is 1.31. The van der Waals surface area contributed by atoms with Gasteiger partial charge >= 0.3 is 0 Å². The first-order valence-electron chi connectivity index (χ1n) is 4.94. The van der Waals surface area contributed by atoms with Crippen LogP contribution in [0.2, 0.25) is 5.02 Å². The van der Waals surface area contributed by atoms with Crippen LogP contribution in [0.25, 0.3) is 0 Å². The lowest BCUT2D eigenvalue weighted by Crippen LogP contribution is -2.14. The molecule has 18 heavy (non-hydrogen) atoms. The van der Waals surface area contributed by atoms with Crippen LogP contribution in [0.1, 0.15) is 10.5 Å². The summed E-state index contributed by atoms with van der Waals surface area (Å²) in [5.74, 6) is -0.813. The van der Waals surface area contributed by atoms with Crippen molar-refractivity contribution in [3.05, 3.63) is 57.5 Å². The van der Waals surface area contributed by atoms with E-state index < -0.39 is 5.91 Å². The Balaban J connectivity index is 2.19. The van der Waals surface area contributed by atoms with Gasteiger partial charge in [0.1, 0.15) is 11.5 Å². The number of halogens is 3. The van der Waals surface area contributed by atoms with E-state index in [1.165, 1.54) is 30.5 Å². The van der Waals surface area contributed by atoms with Crippen molar-refractivity contribution in [3.63, 3.8) is 0 Å². The Kier molecular flexibility index (Phi) is 3.93. The fraction of sp³-hybridized carbons (Fsp3) is 0. The molecule has 0 radical (unpaired) electrons. The smallest absolute Gasteiger partial charge is 0.275 e. The maximum absolute atomic E-state index is 12.7. The van der Waals surface area contributed by atoms with Crippen LogP contribution in [-0.2, 0) is 0 Å². The van der Waals surface area contributed by atoms with Gasteiger partial charge in [0.25, 0.3) is 5.91 Å². The molecule has 0 spiro atoms. The average Bonchev–Trinajstić information content (AvgIpc) is 2.32. The fourth-order valence-corrected chi connectivity index (χ4v) is 2.02. The van der Waals surface area contributed by atoms with E-state index in [0.717, 1.165) is 0 Å². The summed E-state index contributed by atoms with van der Waals surface area (Å²) in [6.45, 7) is 0. The topological polar surface area (TPSA) is 42.0 Å². The molecule has 0 saturated carbocycles. The molecule has 0 aliphatic heterocycles. The van der Waals surface area contributed by atoms with Gasteiger partial charge in [-0.25, -0.2) is 9.37 Å². The Morgan fingerprint density at radius 2 is 2.00 bits per heavy atom. The quantitative estimate of drug-likeness (QED) is 0.908. The average molecular weight is 330 g/mol. The van der Waals surface area contributed by atoms with Crippen molar-refractivity contribution >= 4 is 39.1 Å². The number of anilines is 1. The summed E-state index contributed by atoms with van der Waals surface area (Å²) in [6, 6.07) is 7.01. The number of rotatable bonds is 2. The molecular formula is C12H7BrClFN2O. The van der Waals surface area contributed by atoms with E-state index in [4.69, 9.17) is 11.6 Å². The normalized spacial score (nSPS) is 10.2. The molecule has 0 unspecified atom stereocenters. The lowest BCUT2D eigenvalue weighted by molar-refractivity contribution is 0.102. The standard InChI is InChI=1S/C12H7BrClFN2O/c13-7-5-10(14)11(16-6-7)12(18)17-9-3-1-8(15)2-4-9/h1-6H,(H,17,18). The molecule has 0 atom stereocenters. The molecule has 0 saturated heterocycles.